The molecule has 0 aliphatic carbocycles. The van der Waals surface area contributed by atoms with Crippen molar-refractivity contribution in [3.05, 3.63) is 0 Å². The summed E-state index contributed by atoms with van der Waals surface area (Å²) < 4.78 is 8.96. The van der Waals surface area contributed by atoms with Crippen LogP contribution in [-0.2, 0) is 3.07 Å². The Bertz CT molecular complexity index is 15.5. The van der Waals surface area contributed by atoms with E-state index in [4.69, 9.17) is 3.07 Å². The van der Waals surface area contributed by atoms with E-state index in [1.165, 1.54) is 0 Å². The largest absolute Gasteiger partial charge is 0.258 e. The van der Waals surface area contributed by atoms with E-state index in [1.54, 1.807) is 0 Å². The number of hydrogen-bond acceptors (Lipinski definition) is 1. The fourth-order valence-corrected chi connectivity index (χ4v) is 0. The molecule has 25 valence electrons. The van der Waals surface area contributed by atoms with E-state index in [9.17, 15) is 0 Å². The zero-order chi connectivity index (χ0) is 2.71. The molecule has 0 aromatic heterocycles. The molecule has 0 aliphatic rings. The van der Waals surface area contributed by atoms with Crippen LogP contribution in [0.2, 0.25) is 0 Å². The summed E-state index contributed by atoms with van der Waals surface area (Å²) >= 11 is 1.85. The minimum atomic E-state index is -0.847. The molecule has 0 N–H and O–H groups in total. The van der Waals surface area contributed by atoms with E-state index < -0.39 is 19.0 Å². The topological polar surface area (TPSA) is 17.1 Å². The van der Waals surface area contributed by atoms with E-state index in [0.29, 0.717) is 0 Å². The van der Waals surface area contributed by atoms with Crippen molar-refractivity contribution in [1.82, 2.24) is 0 Å². The minimum absolute atomic E-state index is 0. The summed E-state index contributed by atoms with van der Waals surface area (Å²) in [6.45, 7) is 0. The average Bonchev–Trinajstić information content (AvgIpc) is 0.918. The molecule has 0 aromatic carbocycles. The Morgan fingerprint density at radius 2 is 1.75 bits per heavy atom. The second-order valence-corrected chi connectivity index (χ2v) is 2.03. The van der Waals surface area contributed by atoms with Crippen LogP contribution in [0.4, 0.5) is 0 Å². The first-order valence-electron chi connectivity index (χ1n) is 0.297. The van der Waals surface area contributed by atoms with Crippen LogP contribution in [-0.4, -0.2) is 26.2 Å². The van der Waals surface area contributed by atoms with Crippen molar-refractivity contribution >= 4 is 57.9 Å². The fourth-order valence-electron chi connectivity index (χ4n) is 0. The first-order chi connectivity index (χ1) is 1.41. The second-order valence-electron chi connectivity index (χ2n) is 0.0583. The molecule has 0 heterocycles. The molecular formula is BiBrIO. The molecule has 0 fully saturated rings. The van der Waals surface area contributed by atoms with Gasteiger partial charge in [-0.15, -0.1) is 0 Å². The molecular weight excluding hydrogens is 432 g/mol. The molecule has 0 aliphatic heterocycles. The van der Waals surface area contributed by atoms with Crippen LogP contribution >= 0.6 is 31.7 Å². The van der Waals surface area contributed by atoms with Gasteiger partial charge in [0.15, 0.2) is 0 Å². The predicted octanol–water partition coefficient (Wildman–Crippen LogP) is 1.23. The molecule has 0 saturated heterocycles. The van der Waals surface area contributed by atoms with Crippen LogP contribution in [0.15, 0.2) is 0 Å². The maximum Gasteiger partial charge on any atom is 0.226 e. The van der Waals surface area contributed by atoms with Gasteiger partial charge >= 0.3 is 0 Å². The van der Waals surface area contributed by atoms with Gasteiger partial charge in [0.1, 0.15) is 0 Å². The molecule has 0 atom stereocenters. The molecule has 4 heteroatoms. The van der Waals surface area contributed by atoms with Gasteiger partial charge in [-0.1, -0.05) is 0 Å². The molecule has 3 radical (unpaired) electrons. The molecule has 0 rings (SSSR count). The maximum absolute atomic E-state index is 8.96. The number of halogens is 2. The Morgan fingerprint density at radius 3 is 1.75 bits per heavy atom. The Morgan fingerprint density at radius 1 is 1.75 bits per heavy atom. The SMILES string of the molecule is O=IBr.[Bi]. The third kappa shape index (κ3) is 9.09. The van der Waals surface area contributed by atoms with Crippen molar-refractivity contribution in [3.8, 4) is 0 Å². The van der Waals surface area contributed by atoms with Crippen LogP contribution in [0.5, 0.6) is 0 Å². The maximum atomic E-state index is 8.96. The Hall–Kier alpha value is 1.89. The molecule has 0 spiro atoms. The summed E-state index contributed by atoms with van der Waals surface area (Å²) in [6.07, 6.45) is 0. The molecule has 0 bridgehead atoms. The van der Waals surface area contributed by atoms with Crippen molar-refractivity contribution < 1.29 is 3.07 Å². The molecule has 4 heavy (non-hydrogen) atoms. The van der Waals surface area contributed by atoms with Crippen LogP contribution in [0, 0.1) is 0 Å². The zero-order valence-corrected chi connectivity index (χ0v) is 8.83. The Labute approximate surface area is 60.0 Å². The summed E-state index contributed by atoms with van der Waals surface area (Å²) in [5.74, 6) is 0. The predicted molar refractivity (Wildman–Crippen MR) is 29.4 cm³/mol. The van der Waals surface area contributed by atoms with Gasteiger partial charge < -0.3 is 0 Å². The monoisotopic (exact) mass is 431 g/mol. The molecule has 0 amide bonds. The zero-order valence-electron chi connectivity index (χ0n) is 1.61. The summed E-state index contributed by atoms with van der Waals surface area (Å²) in [4.78, 5) is 0. The van der Waals surface area contributed by atoms with Crippen molar-refractivity contribution in [3.63, 3.8) is 0 Å². The summed E-state index contributed by atoms with van der Waals surface area (Å²) in [5.41, 5.74) is 0. The second kappa shape index (κ2) is 8.86. The van der Waals surface area contributed by atoms with Crippen LogP contribution in [0.25, 0.3) is 0 Å². The Balaban J connectivity index is 0. The van der Waals surface area contributed by atoms with Gasteiger partial charge in [0.05, 0.1) is 0 Å². The van der Waals surface area contributed by atoms with Gasteiger partial charge in [-0.25, -0.2) is 0 Å². The van der Waals surface area contributed by atoms with Crippen molar-refractivity contribution in [2.45, 2.75) is 0 Å². The van der Waals surface area contributed by atoms with Gasteiger partial charge in [-0.3, -0.25) is 3.07 Å². The van der Waals surface area contributed by atoms with E-state index >= 15 is 0 Å². The van der Waals surface area contributed by atoms with Gasteiger partial charge in [0.2, 0.25) is 19.0 Å². The molecule has 0 unspecified atom stereocenters. The third-order valence-corrected chi connectivity index (χ3v) is 0. The fraction of sp³-hybridized carbons (Fsp3) is 0. The third-order valence-electron chi connectivity index (χ3n) is 0. The van der Waals surface area contributed by atoms with E-state index in [2.05, 4.69) is 12.7 Å². The minimum Gasteiger partial charge on any atom is -0.258 e. The first-order valence-corrected chi connectivity index (χ1v) is 6.01. The van der Waals surface area contributed by atoms with Crippen molar-refractivity contribution in [2.75, 3.05) is 0 Å². The smallest absolute Gasteiger partial charge is 0.226 e. The summed E-state index contributed by atoms with van der Waals surface area (Å²) in [6, 6.07) is 0. The van der Waals surface area contributed by atoms with Crippen LogP contribution in [0.3, 0.4) is 0 Å². The Kier molecular flexibility index (Phi) is 20.6. The first kappa shape index (κ1) is 9.31. The number of rotatable bonds is 0. The summed E-state index contributed by atoms with van der Waals surface area (Å²) in [5, 5.41) is 0. The van der Waals surface area contributed by atoms with Gasteiger partial charge in [-0.05, 0) is 0 Å². The van der Waals surface area contributed by atoms with E-state index in [-0.39, 0.29) is 26.2 Å². The van der Waals surface area contributed by atoms with E-state index in [0.717, 1.165) is 0 Å². The van der Waals surface area contributed by atoms with Gasteiger partial charge in [0, 0.05) is 38.9 Å². The molecule has 0 aromatic rings. The van der Waals surface area contributed by atoms with Crippen LogP contribution < -0.4 is 0 Å². The van der Waals surface area contributed by atoms with Gasteiger partial charge in [0.25, 0.3) is 0 Å². The number of hydrogen-bond donors (Lipinski definition) is 0. The quantitative estimate of drug-likeness (QED) is 0.416. The molecule has 0 saturated carbocycles. The standard InChI is InChI=1S/Bi.BrIO/c;1-2-3. The van der Waals surface area contributed by atoms with Crippen molar-refractivity contribution in [2.24, 2.45) is 0 Å². The molecule has 1 nitrogen and oxygen atoms in total. The average molecular weight is 432 g/mol. The summed E-state index contributed by atoms with van der Waals surface area (Å²) in [7, 11) is 0. The van der Waals surface area contributed by atoms with Gasteiger partial charge in [-0.2, -0.15) is 0 Å². The normalized spacial score (nSPS) is 4.25. The van der Waals surface area contributed by atoms with Crippen LogP contribution in [0.1, 0.15) is 0 Å². The van der Waals surface area contributed by atoms with Crippen molar-refractivity contribution in [1.29, 1.82) is 0 Å². The van der Waals surface area contributed by atoms with E-state index in [1.807, 2.05) is 0 Å².